The van der Waals surface area contributed by atoms with Crippen LogP contribution >= 0.6 is 12.4 Å². The van der Waals surface area contributed by atoms with Crippen LogP contribution in [0.15, 0.2) is 60.7 Å². The number of benzene rings is 3. The molecule has 31 heavy (non-hydrogen) atoms. The number of nitrogens with zero attached hydrogens (tertiary/aromatic N) is 1. The zero-order chi connectivity index (χ0) is 21.1. The van der Waals surface area contributed by atoms with Gasteiger partial charge in [0.1, 0.15) is 11.6 Å². The fraction of sp³-hybridized carbons (Fsp3) is 0.280. The summed E-state index contributed by atoms with van der Waals surface area (Å²) < 4.78 is 18.7. The van der Waals surface area contributed by atoms with Gasteiger partial charge in [-0.25, -0.2) is 4.39 Å². The van der Waals surface area contributed by atoms with Gasteiger partial charge in [-0.3, -0.25) is 14.5 Å². The van der Waals surface area contributed by atoms with Crippen molar-refractivity contribution < 1.29 is 18.7 Å². The van der Waals surface area contributed by atoms with Crippen LogP contribution < -0.4 is 4.74 Å². The molecule has 0 bridgehead atoms. The van der Waals surface area contributed by atoms with Crippen LogP contribution in [0.1, 0.15) is 33.6 Å². The summed E-state index contributed by atoms with van der Waals surface area (Å²) >= 11 is 0. The van der Waals surface area contributed by atoms with Gasteiger partial charge in [-0.2, -0.15) is 0 Å². The summed E-state index contributed by atoms with van der Waals surface area (Å²) in [5.41, 5.74) is 1.13. The summed E-state index contributed by atoms with van der Waals surface area (Å²) in [7, 11) is 1.59. The Hall–Kier alpha value is -2.76. The Balaban J connectivity index is 0.00000272. The molecule has 1 saturated heterocycles. The highest BCUT2D eigenvalue weighted by Gasteiger charge is 2.27. The van der Waals surface area contributed by atoms with Crippen molar-refractivity contribution in [1.82, 2.24) is 4.90 Å². The number of halogens is 2. The number of Topliss-reactive ketones (excluding diaryl/α,β-unsaturated/α-hetero) is 2. The molecule has 0 aliphatic carbocycles. The van der Waals surface area contributed by atoms with Gasteiger partial charge in [0.2, 0.25) is 0 Å². The van der Waals surface area contributed by atoms with Crippen molar-refractivity contribution in [3.63, 3.8) is 0 Å². The number of fused-ring (bicyclic) bond motifs is 1. The van der Waals surface area contributed by atoms with E-state index in [4.69, 9.17) is 4.74 Å². The van der Waals surface area contributed by atoms with Crippen LogP contribution in [0.2, 0.25) is 0 Å². The molecule has 6 heteroatoms. The number of carbonyl (C=O) groups excluding carboxylic acids is 2. The monoisotopic (exact) mass is 441 g/mol. The number of likely N-dealkylation sites (tertiary alicyclic amines) is 1. The number of hydrogen-bond donors (Lipinski definition) is 0. The number of ether oxygens (including phenoxy) is 1. The van der Waals surface area contributed by atoms with Crippen molar-refractivity contribution in [1.29, 1.82) is 0 Å². The van der Waals surface area contributed by atoms with E-state index >= 15 is 0 Å². The van der Waals surface area contributed by atoms with Gasteiger partial charge in [-0.15, -0.1) is 12.4 Å². The van der Waals surface area contributed by atoms with E-state index < -0.39 is 0 Å². The SMILES string of the molecule is COc1c(C(=O)CN2CCC(C(=O)c3ccc(F)cc3)CC2)ccc2ccccc12.Cl. The lowest BCUT2D eigenvalue weighted by atomic mass is 9.88. The smallest absolute Gasteiger partial charge is 0.180 e. The molecule has 1 aliphatic rings. The summed E-state index contributed by atoms with van der Waals surface area (Å²) in [4.78, 5) is 27.7. The van der Waals surface area contributed by atoms with Crippen molar-refractivity contribution in [3.05, 3.63) is 77.6 Å². The molecule has 0 aromatic heterocycles. The van der Waals surface area contributed by atoms with E-state index in [0.717, 1.165) is 10.8 Å². The molecule has 0 spiro atoms. The lowest BCUT2D eigenvalue weighted by Gasteiger charge is -2.30. The highest BCUT2D eigenvalue weighted by Crippen LogP contribution is 2.30. The Morgan fingerprint density at radius 3 is 2.35 bits per heavy atom. The Labute approximate surface area is 187 Å². The van der Waals surface area contributed by atoms with Gasteiger partial charge >= 0.3 is 0 Å². The van der Waals surface area contributed by atoms with Crippen molar-refractivity contribution in [2.24, 2.45) is 5.92 Å². The van der Waals surface area contributed by atoms with E-state index in [1.165, 1.54) is 12.1 Å². The second-order valence-electron chi connectivity index (χ2n) is 7.71. The highest BCUT2D eigenvalue weighted by atomic mass is 35.5. The molecule has 4 rings (SSSR count). The molecule has 0 atom stereocenters. The molecule has 4 nitrogen and oxygen atoms in total. The van der Waals surface area contributed by atoms with Crippen LogP contribution in [0, 0.1) is 11.7 Å². The fourth-order valence-electron chi connectivity index (χ4n) is 4.17. The lowest BCUT2D eigenvalue weighted by molar-refractivity contribution is 0.0804. The number of carbonyl (C=O) groups is 2. The second kappa shape index (κ2) is 10.0. The van der Waals surface area contributed by atoms with Crippen molar-refractivity contribution in [3.8, 4) is 5.75 Å². The van der Waals surface area contributed by atoms with E-state index in [-0.39, 0.29) is 35.7 Å². The summed E-state index contributed by atoms with van der Waals surface area (Å²) in [5.74, 6) is 0.249. The van der Waals surface area contributed by atoms with Crippen molar-refractivity contribution in [2.75, 3.05) is 26.7 Å². The standard InChI is InChI=1S/C25H24FNO3.ClH/c1-30-25-21-5-3-2-4-17(21)8-11-22(25)23(28)16-27-14-12-19(13-15-27)24(29)18-6-9-20(26)10-7-18;/h2-11,19H,12-16H2,1H3;1H. The third kappa shape index (κ3) is 4.94. The summed E-state index contributed by atoms with van der Waals surface area (Å²) in [5, 5.41) is 1.96. The normalized spacial score (nSPS) is 14.8. The number of piperidine rings is 1. The Bertz CT molecular complexity index is 1080. The number of methoxy groups -OCH3 is 1. The first kappa shape index (κ1) is 22.9. The Morgan fingerprint density at radius 2 is 1.68 bits per heavy atom. The predicted molar refractivity (Wildman–Crippen MR) is 122 cm³/mol. The average molecular weight is 442 g/mol. The van der Waals surface area contributed by atoms with Crippen LogP contribution in [0.5, 0.6) is 5.75 Å². The molecule has 1 aliphatic heterocycles. The minimum absolute atomic E-state index is 0. The quantitative estimate of drug-likeness (QED) is 0.494. The number of rotatable bonds is 6. The average Bonchev–Trinajstić information content (AvgIpc) is 2.78. The number of ketones is 2. The summed E-state index contributed by atoms with van der Waals surface area (Å²) in [6.45, 7) is 1.66. The topological polar surface area (TPSA) is 46.6 Å². The molecule has 0 N–H and O–H groups in total. The van der Waals surface area contributed by atoms with E-state index in [1.807, 2.05) is 36.4 Å². The maximum atomic E-state index is 13.1. The molecule has 0 radical (unpaired) electrons. The van der Waals surface area contributed by atoms with Gasteiger partial charge in [0.15, 0.2) is 11.6 Å². The third-order valence-corrected chi connectivity index (χ3v) is 5.84. The van der Waals surface area contributed by atoms with Crippen LogP contribution in [-0.4, -0.2) is 43.2 Å². The van der Waals surface area contributed by atoms with Crippen LogP contribution in [0.3, 0.4) is 0 Å². The first-order chi connectivity index (χ1) is 14.6. The summed E-state index contributed by atoms with van der Waals surface area (Å²) in [6.07, 6.45) is 1.39. The van der Waals surface area contributed by atoms with Gasteiger partial charge < -0.3 is 4.74 Å². The van der Waals surface area contributed by atoms with Gasteiger partial charge in [0, 0.05) is 16.9 Å². The lowest BCUT2D eigenvalue weighted by Crippen LogP contribution is -2.39. The molecule has 3 aromatic rings. The maximum absolute atomic E-state index is 13.1. The fourth-order valence-corrected chi connectivity index (χ4v) is 4.17. The van der Waals surface area contributed by atoms with E-state index in [0.29, 0.717) is 49.4 Å². The first-order valence-corrected chi connectivity index (χ1v) is 10.2. The van der Waals surface area contributed by atoms with Crippen LogP contribution in [0.4, 0.5) is 4.39 Å². The maximum Gasteiger partial charge on any atom is 0.180 e. The molecule has 0 saturated carbocycles. The van der Waals surface area contributed by atoms with E-state index in [9.17, 15) is 14.0 Å². The summed E-state index contributed by atoms with van der Waals surface area (Å²) in [6, 6.07) is 17.3. The minimum atomic E-state index is -0.344. The van der Waals surface area contributed by atoms with Gasteiger partial charge in [0.25, 0.3) is 0 Å². The molecular formula is C25H25ClFNO3. The molecule has 0 amide bonds. The zero-order valence-electron chi connectivity index (χ0n) is 17.3. The van der Waals surface area contributed by atoms with E-state index in [1.54, 1.807) is 19.2 Å². The highest BCUT2D eigenvalue weighted by molar-refractivity contribution is 6.06. The molecule has 1 fully saturated rings. The van der Waals surface area contributed by atoms with Crippen molar-refractivity contribution in [2.45, 2.75) is 12.8 Å². The van der Waals surface area contributed by atoms with Crippen LogP contribution in [-0.2, 0) is 0 Å². The molecule has 0 unspecified atom stereocenters. The van der Waals surface area contributed by atoms with Crippen molar-refractivity contribution >= 4 is 34.7 Å². The largest absolute Gasteiger partial charge is 0.495 e. The van der Waals surface area contributed by atoms with Gasteiger partial charge in [-0.1, -0.05) is 30.3 Å². The molecular weight excluding hydrogens is 417 g/mol. The minimum Gasteiger partial charge on any atom is -0.495 e. The molecule has 1 heterocycles. The predicted octanol–water partition coefficient (Wildman–Crippen LogP) is 5.19. The zero-order valence-corrected chi connectivity index (χ0v) is 18.2. The van der Waals surface area contributed by atoms with E-state index in [2.05, 4.69) is 4.90 Å². The molecule has 162 valence electrons. The second-order valence-corrected chi connectivity index (χ2v) is 7.71. The molecule has 3 aromatic carbocycles. The Morgan fingerprint density at radius 1 is 1.00 bits per heavy atom. The number of hydrogen-bond acceptors (Lipinski definition) is 4. The van der Waals surface area contributed by atoms with Gasteiger partial charge in [0.05, 0.1) is 19.2 Å². The van der Waals surface area contributed by atoms with Crippen LogP contribution in [0.25, 0.3) is 10.8 Å². The third-order valence-electron chi connectivity index (χ3n) is 5.84. The Kier molecular flexibility index (Phi) is 7.42. The first-order valence-electron chi connectivity index (χ1n) is 10.2. The van der Waals surface area contributed by atoms with Gasteiger partial charge in [-0.05, 0) is 61.6 Å².